The second-order valence-corrected chi connectivity index (χ2v) is 12.2. The number of hydrogen-bond donors (Lipinski definition) is 3. The van der Waals surface area contributed by atoms with Gasteiger partial charge in [-0.25, -0.2) is 4.68 Å². The highest BCUT2D eigenvalue weighted by molar-refractivity contribution is 8.00. The molecule has 0 fully saturated rings. The molecule has 244 valence electrons. The first-order chi connectivity index (χ1) is 23.1. The molecule has 3 amide bonds. The van der Waals surface area contributed by atoms with Crippen LogP contribution in [0.2, 0.25) is 0 Å². The number of amides is 3. The normalized spacial score (nSPS) is 11.8. The summed E-state index contributed by atoms with van der Waals surface area (Å²) in [6, 6.07) is 31.9. The van der Waals surface area contributed by atoms with Gasteiger partial charge in [-0.15, -0.1) is 11.8 Å². The molecule has 1 heterocycles. The van der Waals surface area contributed by atoms with E-state index in [4.69, 9.17) is 4.74 Å². The van der Waals surface area contributed by atoms with E-state index in [1.807, 2.05) is 30.3 Å². The maximum absolute atomic E-state index is 13.4. The summed E-state index contributed by atoms with van der Waals surface area (Å²) in [5.41, 5.74) is 2.91. The van der Waals surface area contributed by atoms with E-state index >= 15 is 0 Å². The van der Waals surface area contributed by atoms with E-state index in [0.29, 0.717) is 33.9 Å². The molecule has 0 aliphatic carbocycles. The lowest BCUT2D eigenvalue weighted by Gasteiger charge is -2.13. The van der Waals surface area contributed by atoms with Crippen molar-refractivity contribution in [1.82, 2.24) is 14.7 Å². The molecule has 0 saturated carbocycles. The molecule has 4 aromatic carbocycles. The highest BCUT2D eigenvalue weighted by atomic mass is 32.2. The van der Waals surface area contributed by atoms with E-state index in [2.05, 4.69) is 16.0 Å². The van der Waals surface area contributed by atoms with Crippen LogP contribution >= 0.6 is 11.8 Å². The molecule has 0 radical (unpaired) electrons. The Morgan fingerprint density at radius 2 is 1.46 bits per heavy atom. The second-order valence-electron chi connectivity index (χ2n) is 10.8. The van der Waals surface area contributed by atoms with E-state index < -0.39 is 17.1 Å². The molecule has 0 spiro atoms. The van der Waals surface area contributed by atoms with Gasteiger partial charge in [-0.05, 0) is 86.2 Å². The van der Waals surface area contributed by atoms with Gasteiger partial charge in [0.15, 0.2) is 0 Å². The fourth-order valence-corrected chi connectivity index (χ4v) is 5.69. The molecule has 0 aliphatic heterocycles. The minimum atomic E-state index is -0.526. The zero-order valence-electron chi connectivity index (χ0n) is 26.9. The average Bonchev–Trinajstić information content (AvgIpc) is 3.32. The molecule has 1 unspecified atom stereocenters. The number of rotatable bonds is 11. The van der Waals surface area contributed by atoms with Gasteiger partial charge in [-0.1, -0.05) is 48.5 Å². The Balaban J connectivity index is 1.26. The molecule has 3 N–H and O–H groups in total. The Hall–Kier alpha value is -5.81. The molecule has 48 heavy (non-hydrogen) atoms. The van der Waals surface area contributed by atoms with Gasteiger partial charge in [0.05, 0.1) is 23.7 Å². The van der Waals surface area contributed by atoms with Crippen molar-refractivity contribution in [3.8, 4) is 11.4 Å². The summed E-state index contributed by atoms with van der Waals surface area (Å²) in [6.45, 7) is 3.54. The summed E-state index contributed by atoms with van der Waals surface area (Å²) in [5, 5.41) is 7.85. The summed E-state index contributed by atoms with van der Waals surface area (Å²) in [5.74, 6) is -0.583. The highest BCUT2D eigenvalue weighted by Gasteiger charge is 2.22. The van der Waals surface area contributed by atoms with Gasteiger partial charge in [0.1, 0.15) is 17.1 Å². The van der Waals surface area contributed by atoms with Crippen molar-refractivity contribution in [3.05, 3.63) is 142 Å². The number of methoxy groups -OCH3 is 1. The maximum Gasteiger partial charge on any atom is 0.295 e. The van der Waals surface area contributed by atoms with Gasteiger partial charge in [-0.3, -0.25) is 23.9 Å². The van der Waals surface area contributed by atoms with Crippen LogP contribution < -0.4 is 26.2 Å². The van der Waals surface area contributed by atoms with Crippen molar-refractivity contribution < 1.29 is 19.1 Å². The van der Waals surface area contributed by atoms with Crippen molar-refractivity contribution in [1.29, 1.82) is 0 Å². The minimum Gasteiger partial charge on any atom is -0.497 e. The third-order valence-corrected chi connectivity index (χ3v) is 8.66. The predicted molar refractivity (Wildman–Crippen MR) is 190 cm³/mol. The summed E-state index contributed by atoms with van der Waals surface area (Å²) in [4.78, 5) is 53.5. The standard InChI is InChI=1S/C37H35N5O5S/c1-24-33(37(46)42(41(24)3)29-13-9-6-10-14-29)40-34(43)25(2)48-31-21-17-28(18-22-31)38-36(45)32(23-26-15-19-30(47-4)20-16-26)39-35(44)27-11-7-5-8-12-27/h5-23,25H,1-4H3,(H,38,45)(H,39,44)(H,40,43)/b32-23-. The van der Waals surface area contributed by atoms with Gasteiger partial charge in [-0.2, -0.15) is 0 Å². The summed E-state index contributed by atoms with van der Waals surface area (Å²) >= 11 is 1.32. The van der Waals surface area contributed by atoms with Crippen LogP contribution in [-0.2, 0) is 16.6 Å². The smallest absolute Gasteiger partial charge is 0.295 e. The van der Waals surface area contributed by atoms with Crippen molar-refractivity contribution in [2.45, 2.75) is 24.0 Å². The molecule has 0 aliphatic rings. The SMILES string of the molecule is COc1ccc(/C=C(\NC(=O)c2ccccc2)C(=O)Nc2ccc(SC(C)C(=O)Nc3c(C)n(C)n(-c4ccccc4)c3=O)cc2)cc1. The topological polar surface area (TPSA) is 123 Å². The number of para-hydroxylation sites is 1. The first-order valence-corrected chi connectivity index (χ1v) is 16.0. The molecule has 0 bridgehead atoms. The Bertz CT molecular complexity index is 2000. The van der Waals surface area contributed by atoms with E-state index in [9.17, 15) is 19.2 Å². The zero-order chi connectivity index (χ0) is 34.2. The van der Waals surface area contributed by atoms with E-state index in [1.54, 1.807) is 118 Å². The summed E-state index contributed by atoms with van der Waals surface area (Å²) < 4.78 is 8.44. The first-order valence-electron chi connectivity index (χ1n) is 15.1. The number of carbonyl (C=O) groups is 3. The van der Waals surface area contributed by atoms with Gasteiger partial charge in [0, 0.05) is 23.2 Å². The molecular weight excluding hydrogens is 627 g/mol. The predicted octanol–water partition coefficient (Wildman–Crippen LogP) is 6.02. The quantitative estimate of drug-likeness (QED) is 0.118. The molecule has 5 aromatic rings. The number of nitrogens with zero attached hydrogens (tertiary/aromatic N) is 2. The van der Waals surface area contributed by atoms with Crippen LogP contribution in [0.25, 0.3) is 11.8 Å². The van der Waals surface area contributed by atoms with E-state index in [-0.39, 0.29) is 22.9 Å². The summed E-state index contributed by atoms with van der Waals surface area (Å²) in [7, 11) is 3.34. The summed E-state index contributed by atoms with van der Waals surface area (Å²) in [6.07, 6.45) is 1.59. The number of carbonyl (C=O) groups excluding carboxylic acids is 3. The Morgan fingerprint density at radius 3 is 2.08 bits per heavy atom. The fourth-order valence-electron chi connectivity index (χ4n) is 4.82. The number of anilines is 2. The van der Waals surface area contributed by atoms with Crippen molar-refractivity contribution in [2.75, 3.05) is 17.7 Å². The van der Waals surface area contributed by atoms with E-state index in [0.717, 1.165) is 4.90 Å². The molecule has 5 rings (SSSR count). The number of ether oxygens (including phenoxy) is 1. The number of nitrogens with one attached hydrogen (secondary N) is 3. The van der Waals surface area contributed by atoms with Gasteiger partial charge in [0.2, 0.25) is 5.91 Å². The van der Waals surface area contributed by atoms with Crippen LogP contribution in [0.3, 0.4) is 0 Å². The van der Waals surface area contributed by atoms with Crippen LogP contribution in [0, 0.1) is 6.92 Å². The van der Waals surface area contributed by atoms with Crippen molar-refractivity contribution in [2.24, 2.45) is 7.05 Å². The first kappa shape index (κ1) is 33.6. The Morgan fingerprint density at radius 1 is 0.833 bits per heavy atom. The van der Waals surface area contributed by atoms with Crippen LogP contribution in [0.15, 0.2) is 125 Å². The van der Waals surface area contributed by atoms with Crippen LogP contribution in [0.5, 0.6) is 5.75 Å². The largest absolute Gasteiger partial charge is 0.497 e. The fraction of sp³-hybridized carbons (Fsp3) is 0.135. The third kappa shape index (κ3) is 7.94. The number of aromatic nitrogens is 2. The van der Waals surface area contributed by atoms with Crippen LogP contribution in [-0.4, -0.2) is 39.4 Å². The van der Waals surface area contributed by atoms with Gasteiger partial charge in [0.25, 0.3) is 17.4 Å². The lowest BCUT2D eigenvalue weighted by atomic mass is 10.1. The van der Waals surface area contributed by atoms with Crippen molar-refractivity contribution in [3.63, 3.8) is 0 Å². The lowest BCUT2D eigenvalue weighted by molar-refractivity contribution is -0.115. The number of benzene rings is 4. The maximum atomic E-state index is 13.4. The molecule has 0 saturated heterocycles. The minimum absolute atomic E-state index is 0.0558. The average molecular weight is 662 g/mol. The van der Waals surface area contributed by atoms with Gasteiger partial charge < -0.3 is 20.7 Å². The Labute approximate surface area is 282 Å². The number of hydrogen-bond acceptors (Lipinski definition) is 6. The van der Waals surface area contributed by atoms with Crippen molar-refractivity contribution >= 4 is 46.9 Å². The molecule has 11 heteroatoms. The zero-order valence-corrected chi connectivity index (χ0v) is 27.7. The molecule has 1 atom stereocenters. The highest BCUT2D eigenvalue weighted by Crippen LogP contribution is 2.26. The third-order valence-electron chi connectivity index (χ3n) is 7.55. The Kier molecular flexibility index (Phi) is 10.6. The molecular formula is C37H35N5O5S. The number of thioether (sulfide) groups is 1. The van der Waals surface area contributed by atoms with Gasteiger partial charge >= 0.3 is 0 Å². The second kappa shape index (κ2) is 15.2. The lowest BCUT2D eigenvalue weighted by Crippen LogP contribution is -2.30. The van der Waals surface area contributed by atoms with E-state index in [1.165, 1.54) is 16.4 Å². The monoisotopic (exact) mass is 661 g/mol. The van der Waals surface area contributed by atoms with Crippen LogP contribution in [0.1, 0.15) is 28.5 Å². The van der Waals surface area contributed by atoms with Crippen LogP contribution in [0.4, 0.5) is 11.4 Å². The molecule has 1 aromatic heterocycles. The molecule has 10 nitrogen and oxygen atoms in total.